The van der Waals surface area contributed by atoms with Crippen LogP contribution in [0, 0.1) is 5.92 Å². The van der Waals surface area contributed by atoms with Crippen molar-refractivity contribution in [2.45, 2.75) is 91.0 Å². The number of rotatable bonds is 17. The first-order chi connectivity index (χ1) is 19.0. The van der Waals surface area contributed by atoms with Gasteiger partial charge in [0.05, 0.1) is 6.61 Å². The van der Waals surface area contributed by atoms with Crippen LogP contribution in [-0.2, 0) is 39.8 Å². The number of ether oxygens (including phenoxy) is 3. The lowest BCUT2D eigenvalue weighted by atomic mass is 10.0. The van der Waals surface area contributed by atoms with Crippen molar-refractivity contribution in [2.24, 2.45) is 5.92 Å². The van der Waals surface area contributed by atoms with Crippen LogP contribution in [0.3, 0.4) is 0 Å². The van der Waals surface area contributed by atoms with Gasteiger partial charge in [-0.1, -0.05) is 69.1 Å². The maximum absolute atomic E-state index is 13.4. The van der Waals surface area contributed by atoms with Crippen LogP contribution in [0.15, 0.2) is 30.3 Å². The Balaban J connectivity index is 3.07. The monoisotopic (exact) mass is 583 g/mol. The first kappa shape index (κ1) is 34.7. The highest BCUT2D eigenvalue weighted by Gasteiger charge is 2.35. The highest BCUT2D eigenvalue weighted by atomic mass is 35.5. The van der Waals surface area contributed by atoms with E-state index in [1.165, 1.54) is 13.8 Å². The van der Waals surface area contributed by atoms with Crippen molar-refractivity contribution in [2.75, 3.05) is 12.7 Å². The molecule has 1 aromatic rings. The van der Waals surface area contributed by atoms with E-state index in [1.54, 1.807) is 0 Å². The molecule has 3 N–H and O–H groups in total. The minimum absolute atomic E-state index is 0.0121. The highest BCUT2D eigenvalue weighted by molar-refractivity contribution is 6.17. The Morgan fingerprint density at radius 1 is 0.900 bits per heavy atom. The number of amides is 3. The number of halogens is 1. The van der Waals surface area contributed by atoms with E-state index in [0.29, 0.717) is 19.3 Å². The third-order valence-corrected chi connectivity index (χ3v) is 5.93. The molecule has 0 spiro atoms. The largest absolute Gasteiger partial charge is 0.509 e. The number of carbonyl (C=O) groups excluding carboxylic acids is 5. The normalized spacial score (nSPS) is 13.8. The number of esters is 1. The zero-order chi connectivity index (χ0) is 30.1. The van der Waals surface area contributed by atoms with Gasteiger partial charge in [0, 0.05) is 6.92 Å². The van der Waals surface area contributed by atoms with E-state index in [2.05, 4.69) is 20.7 Å². The average molecular weight is 584 g/mol. The second-order valence-corrected chi connectivity index (χ2v) is 10.0. The molecule has 0 saturated carbocycles. The summed E-state index contributed by atoms with van der Waals surface area (Å²) in [5.74, 6) is -2.42. The molecule has 0 bridgehead atoms. The van der Waals surface area contributed by atoms with Gasteiger partial charge < -0.3 is 30.2 Å². The van der Waals surface area contributed by atoms with Crippen LogP contribution in [-0.4, -0.2) is 66.7 Å². The number of unbranched alkanes of at least 4 members (excludes halogenated alkanes) is 1. The third kappa shape index (κ3) is 13.6. The molecule has 12 heteroatoms. The van der Waals surface area contributed by atoms with Crippen molar-refractivity contribution in [1.82, 2.24) is 16.0 Å². The Bertz CT molecular complexity index is 960. The third-order valence-electron chi connectivity index (χ3n) is 5.82. The summed E-state index contributed by atoms with van der Waals surface area (Å²) < 4.78 is 14.9. The van der Waals surface area contributed by atoms with E-state index < -0.39 is 54.2 Å². The second kappa shape index (κ2) is 18.9. The number of aryl methyl sites for hydroxylation is 1. The molecule has 0 radical (unpaired) electrons. The minimum atomic E-state index is -1.37. The molecular weight excluding hydrogens is 542 g/mol. The van der Waals surface area contributed by atoms with Crippen molar-refractivity contribution in [3.05, 3.63) is 35.9 Å². The molecule has 0 saturated heterocycles. The van der Waals surface area contributed by atoms with Crippen molar-refractivity contribution in [1.29, 1.82) is 0 Å². The molecular formula is C28H42ClN3O8. The van der Waals surface area contributed by atoms with E-state index in [9.17, 15) is 24.0 Å². The maximum atomic E-state index is 13.4. The molecule has 0 aromatic heterocycles. The summed E-state index contributed by atoms with van der Waals surface area (Å²) in [5, 5.41) is 7.92. The average Bonchev–Trinajstić information content (AvgIpc) is 2.89. The first-order valence-electron chi connectivity index (χ1n) is 13.5. The van der Waals surface area contributed by atoms with Gasteiger partial charge in [0.25, 0.3) is 0 Å². The Kier molecular flexibility index (Phi) is 16.4. The fourth-order valence-electron chi connectivity index (χ4n) is 3.77. The number of nitrogens with one attached hydrogen (secondary N) is 3. The maximum Gasteiger partial charge on any atom is 0.509 e. The zero-order valence-electron chi connectivity index (χ0n) is 23.9. The number of hydrogen-bond donors (Lipinski definition) is 3. The predicted molar refractivity (Wildman–Crippen MR) is 149 cm³/mol. The van der Waals surface area contributed by atoms with Gasteiger partial charge in [-0.25, -0.2) is 9.59 Å². The number of hydrogen-bond acceptors (Lipinski definition) is 8. The summed E-state index contributed by atoms with van der Waals surface area (Å²) in [5.41, 5.74) is 0.994. The van der Waals surface area contributed by atoms with Crippen molar-refractivity contribution >= 4 is 41.4 Å². The van der Waals surface area contributed by atoms with E-state index in [4.69, 9.17) is 21.1 Å². The van der Waals surface area contributed by atoms with Crippen molar-refractivity contribution in [3.8, 4) is 0 Å². The van der Waals surface area contributed by atoms with Gasteiger partial charge in [-0.15, -0.1) is 0 Å². The van der Waals surface area contributed by atoms with Gasteiger partial charge in [-0.2, -0.15) is 0 Å². The summed E-state index contributed by atoms with van der Waals surface area (Å²) >= 11 is 5.39. The molecule has 40 heavy (non-hydrogen) atoms. The van der Waals surface area contributed by atoms with Gasteiger partial charge in [0.2, 0.25) is 17.7 Å². The first-order valence-corrected chi connectivity index (χ1v) is 14.0. The lowest BCUT2D eigenvalue weighted by Gasteiger charge is -2.27. The summed E-state index contributed by atoms with van der Waals surface area (Å²) in [6.45, 7) is 8.50. The molecule has 224 valence electrons. The van der Waals surface area contributed by atoms with Crippen LogP contribution >= 0.6 is 11.6 Å². The number of benzene rings is 1. The second-order valence-electron chi connectivity index (χ2n) is 9.80. The number of alkyl halides is 1. The van der Waals surface area contributed by atoms with Crippen LogP contribution in [0.25, 0.3) is 0 Å². The smallest absolute Gasteiger partial charge is 0.464 e. The molecule has 4 atom stereocenters. The molecule has 0 aliphatic heterocycles. The molecule has 0 heterocycles. The lowest BCUT2D eigenvalue weighted by Crippen LogP contribution is -2.58. The molecule has 1 aromatic carbocycles. The lowest BCUT2D eigenvalue weighted by molar-refractivity contribution is -0.151. The van der Waals surface area contributed by atoms with Gasteiger partial charge in [-0.3, -0.25) is 14.4 Å². The summed E-state index contributed by atoms with van der Waals surface area (Å²) in [7, 11) is 0. The summed E-state index contributed by atoms with van der Waals surface area (Å²) in [6, 6.07) is 5.74. The Hall–Kier alpha value is -3.34. The zero-order valence-corrected chi connectivity index (χ0v) is 24.6. The van der Waals surface area contributed by atoms with Gasteiger partial charge in [0.1, 0.15) is 18.2 Å². The molecule has 11 nitrogen and oxygen atoms in total. The molecule has 0 aliphatic carbocycles. The Labute approximate surface area is 241 Å². The van der Waals surface area contributed by atoms with Gasteiger partial charge in [-0.05, 0) is 44.1 Å². The SMILES string of the molecule is CCCCOC(=O)[C@@H](NC(=O)[C@H](CC(C)C)NC(=O)[C@H](CCc1ccccc1)NC(C)=O)[C@@H](C)OC(=O)OCCl. The van der Waals surface area contributed by atoms with E-state index in [0.717, 1.165) is 12.0 Å². The van der Waals surface area contributed by atoms with Crippen LogP contribution in [0.1, 0.15) is 65.9 Å². The topological polar surface area (TPSA) is 149 Å². The van der Waals surface area contributed by atoms with Gasteiger partial charge in [0.15, 0.2) is 12.1 Å². The van der Waals surface area contributed by atoms with E-state index in [-0.39, 0.29) is 24.9 Å². The fraction of sp³-hybridized carbons (Fsp3) is 0.607. The molecule has 0 aliphatic rings. The number of carbonyl (C=O) groups is 5. The van der Waals surface area contributed by atoms with Crippen LogP contribution < -0.4 is 16.0 Å². The van der Waals surface area contributed by atoms with Crippen LogP contribution in [0.4, 0.5) is 4.79 Å². The van der Waals surface area contributed by atoms with Crippen LogP contribution in [0.5, 0.6) is 0 Å². The Morgan fingerprint density at radius 3 is 2.12 bits per heavy atom. The highest BCUT2D eigenvalue weighted by Crippen LogP contribution is 2.11. The minimum Gasteiger partial charge on any atom is -0.464 e. The predicted octanol–water partition coefficient (Wildman–Crippen LogP) is 3.22. The molecule has 3 amide bonds. The summed E-state index contributed by atoms with van der Waals surface area (Å²) in [6.07, 6.45) is 0.180. The fourth-order valence-corrected chi connectivity index (χ4v) is 3.86. The van der Waals surface area contributed by atoms with Crippen LogP contribution in [0.2, 0.25) is 0 Å². The quantitative estimate of drug-likeness (QED) is 0.144. The van der Waals surface area contributed by atoms with E-state index >= 15 is 0 Å². The molecule has 0 unspecified atom stereocenters. The Morgan fingerprint density at radius 2 is 1.55 bits per heavy atom. The molecule has 0 fully saturated rings. The van der Waals surface area contributed by atoms with E-state index in [1.807, 2.05) is 51.1 Å². The molecule has 1 rings (SSSR count). The van der Waals surface area contributed by atoms with Gasteiger partial charge >= 0.3 is 12.1 Å². The van der Waals surface area contributed by atoms with Crippen molar-refractivity contribution in [3.63, 3.8) is 0 Å². The van der Waals surface area contributed by atoms with Crippen molar-refractivity contribution < 1.29 is 38.2 Å². The standard InChI is InChI=1S/C28H42ClN3O8/c1-6-7-15-38-27(36)24(19(4)40-28(37)39-17-29)32-26(35)23(16-18(2)3)31-25(34)22(30-20(5)33)14-13-21-11-9-8-10-12-21/h8-12,18-19,22-24H,6-7,13-17H2,1-5H3,(H,30,33)(H,31,34)(H,32,35)/t19-,22+,23+,24+/m1/s1. The summed E-state index contributed by atoms with van der Waals surface area (Å²) in [4.78, 5) is 63.1.